The Hall–Kier alpha value is -0.610. The van der Waals surface area contributed by atoms with Gasteiger partial charge in [-0.3, -0.25) is 4.79 Å². The second-order valence-corrected chi connectivity index (χ2v) is 8.72. The highest BCUT2D eigenvalue weighted by Gasteiger charge is 2.23. The van der Waals surface area contributed by atoms with Crippen molar-refractivity contribution in [1.29, 1.82) is 0 Å². The van der Waals surface area contributed by atoms with E-state index in [0.29, 0.717) is 6.42 Å². The number of benzene rings is 1. The molecule has 2 aliphatic rings. The second kappa shape index (κ2) is 7.59. The Kier molecular flexibility index (Phi) is 5.53. The highest BCUT2D eigenvalue weighted by molar-refractivity contribution is 8.77. The van der Waals surface area contributed by atoms with Crippen molar-refractivity contribution in [2.75, 3.05) is 5.75 Å². The zero-order valence-electron chi connectivity index (χ0n) is 12.3. The summed E-state index contributed by atoms with van der Waals surface area (Å²) in [6, 6.07) is 8.74. The molecule has 2 nitrogen and oxygen atoms in total. The number of aryl methyl sites for hydroxylation is 1. The monoisotopic (exact) mass is 321 g/mol. The lowest BCUT2D eigenvalue weighted by atomic mass is 10.1. The largest absolute Gasteiger partial charge is 0.349 e. The number of hydrogen-bond donors (Lipinski definition) is 1. The van der Waals surface area contributed by atoms with Crippen LogP contribution >= 0.6 is 21.6 Å². The molecule has 1 aromatic rings. The van der Waals surface area contributed by atoms with Crippen LogP contribution in [0, 0.1) is 0 Å². The van der Waals surface area contributed by atoms with Crippen LogP contribution in [0.2, 0.25) is 0 Å². The molecule has 0 spiro atoms. The normalized spacial score (nSPS) is 24.0. The molecule has 1 saturated heterocycles. The van der Waals surface area contributed by atoms with Crippen LogP contribution in [0.15, 0.2) is 24.3 Å². The van der Waals surface area contributed by atoms with E-state index >= 15 is 0 Å². The lowest BCUT2D eigenvalue weighted by Crippen LogP contribution is -2.26. The van der Waals surface area contributed by atoms with Gasteiger partial charge in [-0.15, -0.1) is 0 Å². The minimum atomic E-state index is 0.227. The summed E-state index contributed by atoms with van der Waals surface area (Å²) < 4.78 is 0. The first-order valence-corrected chi connectivity index (χ1v) is 10.4. The van der Waals surface area contributed by atoms with Gasteiger partial charge in [0.2, 0.25) is 5.91 Å². The Morgan fingerprint density at radius 2 is 2.14 bits per heavy atom. The summed E-state index contributed by atoms with van der Waals surface area (Å²) in [6.07, 6.45) is 7.67. The molecule has 1 aliphatic heterocycles. The van der Waals surface area contributed by atoms with Gasteiger partial charge in [0.25, 0.3) is 0 Å². The van der Waals surface area contributed by atoms with E-state index in [-0.39, 0.29) is 11.9 Å². The van der Waals surface area contributed by atoms with Gasteiger partial charge in [-0.05, 0) is 43.2 Å². The Bertz CT molecular complexity index is 485. The van der Waals surface area contributed by atoms with Crippen LogP contribution in [0.1, 0.15) is 55.7 Å². The van der Waals surface area contributed by atoms with Crippen molar-refractivity contribution in [3.8, 4) is 0 Å². The molecule has 4 heteroatoms. The van der Waals surface area contributed by atoms with E-state index < -0.39 is 0 Å². The smallest absolute Gasteiger partial charge is 0.220 e. The number of amides is 1. The van der Waals surface area contributed by atoms with Crippen LogP contribution in [-0.2, 0) is 11.2 Å². The zero-order valence-corrected chi connectivity index (χ0v) is 14.0. The van der Waals surface area contributed by atoms with E-state index in [4.69, 9.17) is 0 Å². The van der Waals surface area contributed by atoms with Gasteiger partial charge in [0.1, 0.15) is 0 Å². The summed E-state index contributed by atoms with van der Waals surface area (Å²) in [5.41, 5.74) is 2.73. The fourth-order valence-electron chi connectivity index (χ4n) is 3.20. The fraction of sp³-hybridized carbons (Fsp3) is 0.588. The fourth-order valence-corrected chi connectivity index (χ4v) is 6.22. The Balaban J connectivity index is 1.37. The first-order valence-electron chi connectivity index (χ1n) is 7.98. The second-order valence-electron chi connectivity index (χ2n) is 5.93. The van der Waals surface area contributed by atoms with E-state index in [1.54, 1.807) is 0 Å². The molecule has 1 heterocycles. The first-order chi connectivity index (χ1) is 10.3. The predicted octanol–water partition coefficient (Wildman–Crippen LogP) is 4.50. The maximum atomic E-state index is 12.1. The predicted molar refractivity (Wildman–Crippen MR) is 92.6 cm³/mol. The molecule has 1 fully saturated rings. The van der Waals surface area contributed by atoms with Gasteiger partial charge in [-0.25, -0.2) is 0 Å². The average Bonchev–Trinajstić information content (AvgIpc) is 3.14. The molecule has 3 rings (SSSR count). The number of fused-ring (bicyclic) bond motifs is 1. The van der Waals surface area contributed by atoms with Crippen molar-refractivity contribution in [2.45, 2.75) is 56.2 Å². The highest BCUT2D eigenvalue weighted by atomic mass is 33.1. The molecule has 2 unspecified atom stereocenters. The quantitative estimate of drug-likeness (QED) is 0.617. The molecule has 1 aliphatic carbocycles. The van der Waals surface area contributed by atoms with Crippen molar-refractivity contribution in [2.24, 2.45) is 0 Å². The van der Waals surface area contributed by atoms with Crippen molar-refractivity contribution in [1.82, 2.24) is 5.32 Å². The molecule has 1 N–H and O–H groups in total. The molecule has 0 aromatic heterocycles. The summed E-state index contributed by atoms with van der Waals surface area (Å²) in [6.45, 7) is 0. The van der Waals surface area contributed by atoms with Gasteiger partial charge in [0, 0.05) is 17.4 Å². The molecular formula is C17H23NOS2. The van der Waals surface area contributed by atoms with Crippen LogP contribution < -0.4 is 5.32 Å². The third kappa shape index (κ3) is 4.19. The van der Waals surface area contributed by atoms with Crippen molar-refractivity contribution < 1.29 is 4.79 Å². The molecule has 1 amide bonds. The maximum absolute atomic E-state index is 12.1. The zero-order chi connectivity index (χ0) is 14.5. The number of carbonyl (C=O) groups is 1. The molecular weight excluding hydrogens is 298 g/mol. The van der Waals surface area contributed by atoms with Gasteiger partial charge in [0.15, 0.2) is 0 Å². The van der Waals surface area contributed by atoms with E-state index in [1.807, 2.05) is 21.6 Å². The summed E-state index contributed by atoms with van der Waals surface area (Å²) in [5.74, 6) is 1.53. The maximum Gasteiger partial charge on any atom is 0.220 e. The molecule has 0 saturated carbocycles. The summed E-state index contributed by atoms with van der Waals surface area (Å²) >= 11 is 0. The van der Waals surface area contributed by atoms with Crippen LogP contribution in [0.5, 0.6) is 0 Å². The number of rotatable bonds is 6. The number of unbranched alkanes of at least 4 members (excludes halogenated alkanes) is 1. The molecule has 1 aromatic carbocycles. The van der Waals surface area contributed by atoms with Crippen LogP contribution in [0.4, 0.5) is 0 Å². The van der Waals surface area contributed by atoms with E-state index in [1.165, 1.54) is 36.1 Å². The molecule has 21 heavy (non-hydrogen) atoms. The Labute approximate surface area is 135 Å². The number of hydrogen-bond acceptors (Lipinski definition) is 3. The standard InChI is InChI=1S/C17H23NOS2/c19-17(8-4-2-6-14-11-12-20-21-14)18-16-10-9-13-5-1-3-7-15(13)16/h1,3,5,7,14,16H,2,4,6,8-12H2,(H,18,19). The number of carbonyl (C=O) groups excluding carboxylic acids is 1. The van der Waals surface area contributed by atoms with Gasteiger partial charge < -0.3 is 5.32 Å². The topological polar surface area (TPSA) is 29.1 Å². The third-order valence-electron chi connectivity index (χ3n) is 4.38. The van der Waals surface area contributed by atoms with Crippen LogP contribution in [-0.4, -0.2) is 16.9 Å². The van der Waals surface area contributed by atoms with E-state index in [9.17, 15) is 4.79 Å². The first kappa shape index (κ1) is 15.3. The van der Waals surface area contributed by atoms with Gasteiger partial charge in [-0.1, -0.05) is 52.3 Å². The summed E-state index contributed by atoms with van der Waals surface area (Å²) in [7, 11) is 4.03. The van der Waals surface area contributed by atoms with Gasteiger partial charge in [0.05, 0.1) is 6.04 Å². The SMILES string of the molecule is O=C(CCCCC1CCSS1)NC1CCc2ccccc21. The van der Waals surface area contributed by atoms with Crippen LogP contribution in [0.25, 0.3) is 0 Å². The van der Waals surface area contributed by atoms with Crippen molar-refractivity contribution in [3.63, 3.8) is 0 Å². The average molecular weight is 322 g/mol. The van der Waals surface area contributed by atoms with E-state index in [2.05, 4.69) is 29.6 Å². The highest BCUT2D eigenvalue weighted by Crippen LogP contribution is 2.39. The lowest BCUT2D eigenvalue weighted by molar-refractivity contribution is -0.121. The third-order valence-corrected chi connectivity index (χ3v) is 7.38. The minimum absolute atomic E-state index is 0.227. The molecule has 2 atom stereocenters. The Morgan fingerprint density at radius 3 is 3.00 bits per heavy atom. The van der Waals surface area contributed by atoms with Crippen LogP contribution in [0.3, 0.4) is 0 Å². The van der Waals surface area contributed by atoms with Gasteiger partial charge >= 0.3 is 0 Å². The van der Waals surface area contributed by atoms with E-state index in [0.717, 1.165) is 24.5 Å². The van der Waals surface area contributed by atoms with Gasteiger partial charge in [-0.2, -0.15) is 0 Å². The lowest BCUT2D eigenvalue weighted by Gasteiger charge is -2.14. The van der Waals surface area contributed by atoms with Crippen molar-refractivity contribution >= 4 is 27.5 Å². The molecule has 0 radical (unpaired) electrons. The van der Waals surface area contributed by atoms with Crippen molar-refractivity contribution in [3.05, 3.63) is 35.4 Å². The Morgan fingerprint density at radius 1 is 1.24 bits per heavy atom. The molecule has 114 valence electrons. The summed E-state index contributed by atoms with van der Waals surface area (Å²) in [5, 5.41) is 4.05. The molecule has 0 bridgehead atoms. The minimum Gasteiger partial charge on any atom is -0.349 e. The number of nitrogens with one attached hydrogen (secondary N) is 1. The summed E-state index contributed by atoms with van der Waals surface area (Å²) in [4.78, 5) is 12.1.